The molecule has 0 atom stereocenters. The zero-order valence-electron chi connectivity index (χ0n) is 18.9. The highest BCUT2D eigenvalue weighted by Gasteiger charge is 2.08. The summed E-state index contributed by atoms with van der Waals surface area (Å²) in [7, 11) is 0. The summed E-state index contributed by atoms with van der Waals surface area (Å²) < 4.78 is 27.7. The Morgan fingerprint density at radius 3 is 1.57 bits per heavy atom. The van der Waals surface area contributed by atoms with Crippen molar-refractivity contribution in [2.45, 2.75) is 90.9 Å². The highest BCUT2D eigenvalue weighted by Crippen LogP contribution is 2.24. The SMILES string of the molecule is CCCCCCCCCc1ccc(CCc2ccc(C(F)=C(F)CCC)cc2)cc1. The van der Waals surface area contributed by atoms with Crippen LogP contribution in [-0.4, -0.2) is 0 Å². The molecule has 0 spiro atoms. The molecule has 0 N–H and O–H groups in total. The van der Waals surface area contributed by atoms with E-state index in [1.165, 1.54) is 62.5 Å². The van der Waals surface area contributed by atoms with E-state index >= 15 is 0 Å². The van der Waals surface area contributed by atoms with Crippen LogP contribution in [0.4, 0.5) is 8.78 Å². The predicted octanol–water partition coefficient (Wildman–Crippen LogP) is 9.17. The van der Waals surface area contributed by atoms with Gasteiger partial charge in [-0.3, -0.25) is 0 Å². The van der Waals surface area contributed by atoms with Crippen molar-refractivity contribution in [1.29, 1.82) is 0 Å². The molecule has 30 heavy (non-hydrogen) atoms. The molecule has 2 aromatic rings. The van der Waals surface area contributed by atoms with Gasteiger partial charge in [0.15, 0.2) is 5.83 Å². The molecular weight excluding hydrogens is 374 g/mol. The van der Waals surface area contributed by atoms with Gasteiger partial charge >= 0.3 is 0 Å². The van der Waals surface area contributed by atoms with Gasteiger partial charge in [-0.1, -0.05) is 101 Å². The quantitative estimate of drug-likeness (QED) is 0.271. The molecule has 0 heterocycles. The molecule has 0 nitrogen and oxygen atoms in total. The molecule has 2 aromatic carbocycles. The fourth-order valence-corrected chi connectivity index (χ4v) is 3.75. The summed E-state index contributed by atoms with van der Waals surface area (Å²) in [5.74, 6) is -1.37. The molecule has 0 bridgehead atoms. The van der Waals surface area contributed by atoms with Gasteiger partial charge in [-0.05, 0) is 48.8 Å². The van der Waals surface area contributed by atoms with Crippen LogP contribution in [0.2, 0.25) is 0 Å². The summed E-state index contributed by atoms with van der Waals surface area (Å²) in [6.07, 6.45) is 13.2. The van der Waals surface area contributed by atoms with Gasteiger partial charge in [-0.25, -0.2) is 8.78 Å². The normalized spacial score (nSPS) is 12.1. The van der Waals surface area contributed by atoms with E-state index in [0.717, 1.165) is 18.4 Å². The van der Waals surface area contributed by atoms with Gasteiger partial charge in [0.1, 0.15) is 5.83 Å². The fourth-order valence-electron chi connectivity index (χ4n) is 3.75. The molecule has 0 aliphatic heterocycles. The minimum Gasteiger partial charge on any atom is -0.209 e. The van der Waals surface area contributed by atoms with E-state index in [1.54, 1.807) is 12.1 Å². The van der Waals surface area contributed by atoms with Gasteiger partial charge in [-0.2, -0.15) is 0 Å². The summed E-state index contributed by atoms with van der Waals surface area (Å²) in [5.41, 5.74) is 4.23. The van der Waals surface area contributed by atoms with Crippen molar-refractivity contribution in [2.75, 3.05) is 0 Å². The summed E-state index contributed by atoms with van der Waals surface area (Å²) >= 11 is 0. The maximum Gasteiger partial charge on any atom is 0.161 e. The highest BCUT2D eigenvalue weighted by atomic mass is 19.2. The van der Waals surface area contributed by atoms with Crippen molar-refractivity contribution in [2.24, 2.45) is 0 Å². The Kier molecular flexibility index (Phi) is 11.4. The van der Waals surface area contributed by atoms with Gasteiger partial charge in [0, 0.05) is 12.0 Å². The average molecular weight is 413 g/mol. The van der Waals surface area contributed by atoms with E-state index in [0.29, 0.717) is 12.0 Å². The van der Waals surface area contributed by atoms with Crippen LogP contribution in [0.5, 0.6) is 0 Å². The van der Waals surface area contributed by atoms with Crippen molar-refractivity contribution in [3.63, 3.8) is 0 Å². The standard InChI is InChI=1S/C28H38F2/c1-3-5-6-7-8-9-10-12-23-13-15-24(16-14-23)17-18-25-19-21-26(22-20-25)28(30)27(29)11-4-2/h13-16,19-22H,3-12,17-18H2,1-2H3. The van der Waals surface area contributed by atoms with Crippen LogP contribution in [0.15, 0.2) is 54.4 Å². The van der Waals surface area contributed by atoms with Crippen molar-refractivity contribution in [3.05, 3.63) is 76.6 Å². The van der Waals surface area contributed by atoms with Crippen LogP contribution in [0, 0.1) is 0 Å². The first-order valence-electron chi connectivity index (χ1n) is 11.8. The molecular formula is C28H38F2. The molecule has 0 amide bonds. The number of allylic oxidation sites excluding steroid dienone is 1. The number of unbranched alkanes of at least 4 members (excludes halogenated alkanes) is 6. The lowest BCUT2D eigenvalue weighted by molar-refractivity contribution is 0.559. The Hall–Kier alpha value is -1.96. The molecule has 0 fully saturated rings. The second-order valence-corrected chi connectivity index (χ2v) is 8.35. The first kappa shape index (κ1) is 24.3. The maximum atomic E-state index is 14.0. The lowest BCUT2D eigenvalue weighted by Gasteiger charge is -2.06. The van der Waals surface area contributed by atoms with Crippen molar-refractivity contribution in [3.8, 4) is 0 Å². The van der Waals surface area contributed by atoms with E-state index in [1.807, 2.05) is 19.1 Å². The van der Waals surface area contributed by atoms with E-state index < -0.39 is 11.7 Å². The highest BCUT2D eigenvalue weighted by molar-refractivity contribution is 5.61. The molecule has 0 radical (unpaired) electrons. The number of hydrogen-bond donors (Lipinski definition) is 0. The fraction of sp³-hybridized carbons (Fsp3) is 0.500. The molecule has 2 rings (SSSR count). The first-order chi connectivity index (χ1) is 14.6. The largest absolute Gasteiger partial charge is 0.209 e. The molecule has 2 heteroatoms. The van der Waals surface area contributed by atoms with E-state index in [4.69, 9.17) is 0 Å². The topological polar surface area (TPSA) is 0 Å². The Morgan fingerprint density at radius 2 is 1.03 bits per heavy atom. The summed E-state index contributed by atoms with van der Waals surface area (Å²) in [6.45, 7) is 4.11. The molecule has 0 aliphatic rings. The summed E-state index contributed by atoms with van der Waals surface area (Å²) in [4.78, 5) is 0. The Labute approximate surface area is 182 Å². The number of hydrogen-bond acceptors (Lipinski definition) is 0. The second-order valence-electron chi connectivity index (χ2n) is 8.35. The lowest BCUT2D eigenvalue weighted by Crippen LogP contribution is -1.93. The zero-order chi connectivity index (χ0) is 21.6. The second kappa shape index (κ2) is 14.1. The van der Waals surface area contributed by atoms with Crippen LogP contribution in [-0.2, 0) is 19.3 Å². The monoisotopic (exact) mass is 412 g/mol. The van der Waals surface area contributed by atoms with Crippen LogP contribution in [0.1, 0.15) is 93.9 Å². The summed E-state index contributed by atoms with van der Waals surface area (Å²) in [5, 5.41) is 0. The molecule has 0 saturated heterocycles. The Bertz CT molecular complexity index is 741. The van der Waals surface area contributed by atoms with Crippen molar-refractivity contribution >= 4 is 5.83 Å². The number of rotatable bonds is 14. The molecule has 0 saturated carbocycles. The van der Waals surface area contributed by atoms with Gasteiger partial charge in [0.2, 0.25) is 0 Å². The van der Waals surface area contributed by atoms with Crippen LogP contribution >= 0.6 is 0 Å². The minimum absolute atomic E-state index is 0.155. The van der Waals surface area contributed by atoms with Crippen molar-refractivity contribution in [1.82, 2.24) is 0 Å². The molecule has 0 aromatic heterocycles. The van der Waals surface area contributed by atoms with Gasteiger partial charge in [0.05, 0.1) is 0 Å². The smallest absolute Gasteiger partial charge is 0.161 e. The summed E-state index contributed by atoms with van der Waals surface area (Å²) in [6, 6.07) is 16.2. The van der Waals surface area contributed by atoms with Crippen LogP contribution < -0.4 is 0 Å². The van der Waals surface area contributed by atoms with Gasteiger partial charge < -0.3 is 0 Å². The van der Waals surface area contributed by atoms with Crippen LogP contribution in [0.3, 0.4) is 0 Å². The number of aryl methyl sites for hydroxylation is 3. The third-order valence-electron chi connectivity index (χ3n) is 5.71. The first-order valence-corrected chi connectivity index (χ1v) is 11.8. The molecule has 0 aliphatic carbocycles. The molecule has 164 valence electrons. The van der Waals surface area contributed by atoms with E-state index in [9.17, 15) is 8.78 Å². The van der Waals surface area contributed by atoms with Crippen LogP contribution in [0.25, 0.3) is 5.83 Å². The Morgan fingerprint density at radius 1 is 0.567 bits per heavy atom. The Balaban J connectivity index is 1.74. The minimum atomic E-state index is -0.722. The maximum absolute atomic E-state index is 14.0. The number of halogens is 2. The van der Waals surface area contributed by atoms with Gasteiger partial charge in [-0.15, -0.1) is 0 Å². The lowest BCUT2D eigenvalue weighted by atomic mass is 10.00. The number of benzene rings is 2. The third-order valence-corrected chi connectivity index (χ3v) is 5.71. The van der Waals surface area contributed by atoms with Gasteiger partial charge in [0.25, 0.3) is 0 Å². The molecule has 0 unspecified atom stereocenters. The van der Waals surface area contributed by atoms with E-state index in [2.05, 4.69) is 31.2 Å². The predicted molar refractivity (Wildman–Crippen MR) is 126 cm³/mol. The average Bonchev–Trinajstić information content (AvgIpc) is 2.78. The zero-order valence-corrected chi connectivity index (χ0v) is 18.9. The van der Waals surface area contributed by atoms with E-state index in [-0.39, 0.29) is 6.42 Å². The third kappa shape index (κ3) is 8.81. The van der Waals surface area contributed by atoms with Crippen molar-refractivity contribution < 1.29 is 8.78 Å².